The molecule has 1 aliphatic carbocycles. The van der Waals surface area contributed by atoms with Gasteiger partial charge in [0.1, 0.15) is 6.33 Å². The van der Waals surface area contributed by atoms with Crippen LogP contribution in [0.15, 0.2) is 24.5 Å². The smallest absolute Gasteiger partial charge is 0.381 e. The summed E-state index contributed by atoms with van der Waals surface area (Å²) < 4.78 is 46.6. The number of amides is 1. The van der Waals surface area contributed by atoms with Crippen molar-refractivity contribution < 1.29 is 22.7 Å². The second kappa shape index (κ2) is 9.53. The molecule has 1 N–H and O–H groups in total. The maximum Gasteiger partial charge on any atom is 0.416 e. The Morgan fingerprint density at radius 1 is 1.19 bits per heavy atom. The van der Waals surface area contributed by atoms with Gasteiger partial charge >= 0.3 is 6.18 Å². The molecule has 1 unspecified atom stereocenters. The van der Waals surface area contributed by atoms with E-state index in [1.807, 2.05) is 0 Å². The molecule has 2 aliphatic rings. The fraction of sp³-hybridized carbons (Fsp3) is 0.619. The zero-order valence-corrected chi connectivity index (χ0v) is 17.9. The molecule has 0 spiro atoms. The van der Waals surface area contributed by atoms with E-state index < -0.39 is 11.7 Å². The van der Waals surface area contributed by atoms with Crippen molar-refractivity contribution in [3.8, 4) is 5.69 Å². The first-order valence-corrected chi connectivity index (χ1v) is 10.8. The van der Waals surface area contributed by atoms with Crippen molar-refractivity contribution in [3.63, 3.8) is 0 Å². The molecule has 0 radical (unpaired) electrons. The first kappa shape index (κ1) is 22.7. The third kappa shape index (κ3) is 5.26. The van der Waals surface area contributed by atoms with Gasteiger partial charge in [0.05, 0.1) is 11.3 Å². The summed E-state index contributed by atoms with van der Waals surface area (Å²) in [6.45, 7) is 1.55. The number of rotatable bonds is 6. The predicted molar refractivity (Wildman–Crippen MR) is 109 cm³/mol. The number of aromatic nitrogens is 4. The van der Waals surface area contributed by atoms with Gasteiger partial charge in [-0.3, -0.25) is 4.79 Å². The van der Waals surface area contributed by atoms with E-state index in [0.29, 0.717) is 17.6 Å². The summed E-state index contributed by atoms with van der Waals surface area (Å²) in [7, 11) is 2.12. The fourth-order valence-corrected chi connectivity index (χ4v) is 4.64. The number of halogens is 3. The largest absolute Gasteiger partial charge is 0.416 e. The Kier molecular flexibility index (Phi) is 6.75. The van der Waals surface area contributed by atoms with Gasteiger partial charge in [0.25, 0.3) is 0 Å². The Balaban J connectivity index is 1.38. The average Bonchev–Trinajstić information content (AvgIpc) is 3.49. The van der Waals surface area contributed by atoms with Gasteiger partial charge in [-0.05, 0) is 73.3 Å². The molecule has 8 nitrogen and oxygen atoms in total. The van der Waals surface area contributed by atoms with Crippen LogP contribution >= 0.6 is 0 Å². The summed E-state index contributed by atoms with van der Waals surface area (Å²) in [5.74, 6) is -0.249. The van der Waals surface area contributed by atoms with Crippen LogP contribution in [0.3, 0.4) is 0 Å². The Labute approximate surface area is 184 Å². The van der Waals surface area contributed by atoms with Gasteiger partial charge < -0.3 is 15.0 Å². The molecule has 1 aromatic carbocycles. The van der Waals surface area contributed by atoms with Crippen molar-refractivity contribution in [3.05, 3.63) is 35.7 Å². The molecule has 32 heavy (non-hydrogen) atoms. The van der Waals surface area contributed by atoms with Crippen LogP contribution in [-0.2, 0) is 22.3 Å². The van der Waals surface area contributed by atoms with Crippen LogP contribution < -0.4 is 5.32 Å². The lowest BCUT2D eigenvalue weighted by atomic mass is 10.0. The molecular formula is C21H27F3N6O2. The van der Waals surface area contributed by atoms with Crippen molar-refractivity contribution in [1.82, 2.24) is 30.4 Å². The van der Waals surface area contributed by atoms with Crippen molar-refractivity contribution in [2.45, 2.75) is 56.9 Å². The maximum absolute atomic E-state index is 13.3. The second-order valence-corrected chi connectivity index (χ2v) is 8.53. The topological polar surface area (TPSA) is 85.2 Å². The number of nitrogens with zero attached hydrogens (tertiary/aromatic N) is 5. The summed E-state index contributed by atoms with van der Waals surface area (Å²) >= 11 is 0. The average molecular weight is 452 g/mol. The van der Waals surface area contributed by atoms with E-state index in [0.717, 1.165) is 62.1 Å². The minimum atomic E-state index is -4.52. The van der Waals surface area contributed by atoms with Crippen LogP contribution in [0.5, 0.6) is 0 Å². The number of carbonyl (C=O) groups is 1. The van der Waals surface area contributed by atoms with E-state index in [9.17, 15) is 18.0 Å². The molecule has 2 atom stereocenters. The Hall–Kier alpha value is -2.53. The van der Waals surface area contributed by atoms with Gasteiger partial charge in [-0.25, -0.2) is 4.68 Å². The van der Waals surface area contributed by atoms with Gasteiger partial charge in [0, 0.05) is 37.8 Å². The lowest BCUT2D eigenvalue weighted by Gasteiger charge is -2.35. The molecule has 1 aliphatic heterocycles. The van der Waals surface area contributed by atoms with Crippen molar-refractivity contribution >= 4 is 5.91 Å². The molecule has 11 heteroatoms. The lowest BCUT2D eigenvalue weighted by Crippen LogP contribution is -2.42. The van der Waals surface area contributed by atoms with Gasteiger partial charge in [-0.2, -0.15) is 13.2 Å². The molecule has 4 rings (SSSR count). The minimum absolute atomic E-state index is 0.00878. The summed E-state index contributed by atoms with van der Waals surface area (Å²) in [5.41, 5.74) is -0.283. The highest BCUT2D eigenvalue weighted by molar-refractivity contribution is 5.79. The molecular weight excluding hydrogens is 425 g/mol. The molecule has 1 saturated carbocycles. The number of hydrogen-bond acceptors (Lipinski definition) is 6. The Bertz CT molecular complexity index is 915. The van der Waals surface area contributed by atoms with Gasteiger partial charge in [-0.15, -0.1) is 5.10 Å². The van der Waals surface area contributed by atoms with Crippen LogP contribution in [0, 0.1) is 5.92 Å². The lowest BCUT2D eigenvalue weighted by molar-refractivity contribution is -0.137. The quantitative estimate of drug-likeness (QED) is 0.725. The van der Waals surface area contributed by atoms with Gasteiger partial charge in [0.2, 0.25) is 5.91 Å². The normalized spacial score (nSPS) is 22.4. The molecule has 1 aromatic heterocycles. The summed E-state index contributed by atoms with van der Waals surface area (Å²) in [6, 6.07) is 4.39. The van der Waals surface area contributed by atoms with Crippen LogP contribution in [0.25, 0.3) is 5.69 Å². The van der Waals surface area contributed by atoms with Crippen molar-refractivity contribution in [2.75, 3.05) is 20.3 Å². The van der Waals surface area contributed by atoms with Crippen molar-refractivity contribution in [2.24, 2.45) is 5.92 Å². The number of benzene rings is 1. The number of ether oxygens (including phenoxy) is 1. The monoisotopic (exact) mass is 452 g/mol. The number of tetrazole rings is 1. The van der Waals surface area contributed by atoms with Gasteiger partial charge in [-0.1, -0.05) is 0 Å². The third-order valence-corrected chi connectivity index (χ3v) is 6.50. The number of nitrogens with one attached hydrogen (secondary N) is 1. The van der Waals surface area contributed by atoms with E-state index >= 15 is 0 Å². The number of hydrogen-bond donors (Lipinski definition) is 1. The van der Waals surface area contributed by atoms with Crippen LogP contribution in [-0.4, -0.2) is 63.4 Å². The fourth-order valence-electron chi connectivity index (χ4n) is 4.64. The first-order chi connectivity index (χ1) is 15.3. The van der Waals surface area contributed by atoms with Crippen LogP contribution in [0.4, 0.5) is 13.2 Å². The zero-order chi connectivity index (χ0) is 22.7. The van der Waals surface area contributed by atoms with Gasteiger partial charge in [0.15, 0.2) is 0 Å². The SMILES string of the molecule is CN(C1CCOCC1)C1CC[C@H](C(=O)NCc2cc(-n3cnnn3)cc(C(F)(F)F)c2)C1. The summed E-state index contributed by atoms with van der Waals surface area (Å²) in [5, 5.41) is 13.4. The number of alkyl halides is 3. The molecule has 2 aromatic rings. The summed E-state index contributed by atoms with van der Waals surface area (Å²) in [4.78, 5) is 15.1. The molecule has 2 fully saturated rings. The molecule has 1 saturated heterocycles. The Morgan fingerprint density at radius 3 is 2.66 bits per heavy atom. The van der Waals surface area contributed by atoms with E-state index in [1.165, 1.54) is 6.33 Å². The van der Waals surface area contributed by atoms with Crippen LogP contribution in [0.2, 0.25) is 0 Å². The minimum Gasteiger partial charge on any atom is -0.381 e. The van der Waals surface area contributed by atoms with E-state index in [2.05, 4.69) is 32.8 Å². The first-order valence-electron chi connectivity index (χ1n) is 10.8. The van der Waals surface area contributed by atoms with Crippen LogP contribution in [0.1, 0.15) is 43.2 Å². The van der Waals surface area contributed by atoms with E-state index in [-0.39, 0.29) is 24.1 Å². The van der Waals surface area contributed by atoms with E-state index in [1.54, 1.807) is 6.07 Å². The second-order valence-electron chi connectivity index (χ2n) is 8.53. The van der Waals surface area contributed by atoms with Crippen molar-refractivity contribution in [1.29, 1.82) is 0 Å². The maximum atomic E-state index is 13.3. The summed E-state index contributed by atoms with van der Waals surface area (Å²) in [6.07, 6.45) is 1.20. The molecule has 0 bridgehead atoms. The zero-order valence-electron chi connectivity index (χ0n) is 17.9. The highest BCUT2D eigenvalue weighted by Crippen LogP contribution is 2.33. The molecule has 2 heterocycles. The Morgan fingerprint density at radius 2 is 1.97 bits per heavy atom. The van der Waals surface area contributed by atoms with E-state index in [4.69, 9.17) is 4.74 Å². The predicted octanol–water partition coefficient (Wildman–Crippen LogP) is 2.58. The highest BCUT2D eigenvalue weighted by Gasteiger charge is 2.35. The molecule has 174 valence electrons. The third-order valence-electron chi connectivity index (χ3n) is 6.50. The highest BCUT2D eigenvalue weighted by atomic mass is 19.4. The molecule has 1 amide bonds. The standard InChI is InChI=1S/C21H27F3N6O2/c1-29(17-4-6-32-7-5-17)18-3-2-15(10-18)20(31)25-12-14-8-16(21(22,23)24)11-19(9-14)30-13-26-27-28-30/h8-9,11,13,15,17-18H,2-7,10,12H2,1H3,(H,25,31)/t15-,18?/m0/s1. The number of carbonyl (C=O) groups excluding carboxylic acids is 1.